The lowest BCUT2D eigenvalue weighted by Gasteiger charge is -2.30. The highest BCUT2D eigenvalue weighted by molar-refractivity contribution is 7.89. The molecule has 0 heterocycles. The van der Waals surface area contributed by atoms with Crippen molar-refractivity contribution >= 4 is 38.9 Å². The normalized spacial score (nSPS) is 14.7. The van der Waals surface area contributed by atoms with Crippen LogP contribution >= 0.6 is 12.2 Å². The van der Waals surface area contributed by atoms with Crippen molar-refractivity contribution < 1.29 is 17.9 Å². The highest BCUT2D eigenvalue weighted by Crippen LogP contribution is 2.27. The first-order valence-electron chi connectivity index (χ1n) is 12.1. The van der Waals surface area contributed by atoms with Gasteiger partial charge in [-0.15, -0.1) is 0 Å². The predicted octanol–water partition coefficient (Wildman–Crippen LogP) is 5.19. The molecule has 1 amide bonds. The van der Waals surface area contributed by atoms with E-state index in [-0.39, 0.29) is 22.0 Å². The van der Waals surface area contributed by atoms with Gasteiger partial charge in [-0.05, 0) is 73.8 Å². The molecule has 3 rings (SSSR count). The third kappa shape index (κ3) is 7.49. The zero-order valence-corrected chi connectivity index (χ0v) is 22.3. The molecule has 1 saturated carbocycles. The molecule has 0 spiro atoms. The highest BCUT2D eigenvalue weighted by atomic mass is 32.2. The van der Waals surface area contributed by atoms with Gasteiger partial charge in [0.1, 0.15) is 5.75 Å². The number of thiocarbonyl (C=S) groups is 1. The number of hydrogen-bond acceptors (Lipinski definition) is 5. The van der Waals surface area contributed by atoms with E-state index >= 15 is 0 Å². The van der Waals surface area contributed by atoms with Crippen LogP contribution in [0, 0.1) is 5.92 Å². The number of anilines is 1. The molecule has 0 atom stereocenters. The molecule has 0 unspecified atom stereocenters. The molecule has 0 radical (unpaired) electrons. The zero-order valence-electron chi connectivity index (χ0n) is 20.6. The molecule has 2 aromatic rings. The number of amides is 1. The van der Waals surface area contributed by atoms with Crippen molar-refractivity contribution in [3.05, 3.63) is 54.1 Å². The molecule has 2 aromatic carbocycles. The Labute approximate surface area is 214 Å². The quantitative estimate of drug-likeness (QED) is 0.445. The Morgan fingerprint density at radius 1 is 1.09 bits per heavy atom. The molecule has 0 aliphatic heterocycles. The molecule has 2 N–H and O–H groups in total. The third-order valence-corrected chi connectivity index (χ3v) is 8.32. The Morgan fingerprint density at radius 2 is 1.74 bits per heavy atom. The maximum atomic E-state index is 13.0. The topological polar surface area (TPSA) is 87.7 Å². The van der Waals surface area contributed by atoms with Crippen molar-refractivity contribution in [1.29, 1.82) is 0 Å². The van der Waals surface area contributed by atoms with Crippen LogP contribution in [0.2, 0.25) is 0 Å². The van der Waals surface area contributed by atoms with Gasteiger partial charge in [-0.2, -0.15) is 4.31 Å². The highest BCUT2D eigenvalue weighted by Gasteiger charge is 2.29. The van der Waals surface area contributed by atoms with Gasteiger partial charge in [0.15, 0.2) is 5.11 Å². The van der Waals surface area contributed by atoms with Crippen LogP contribution < -0.4 is 15.4 Å². The summed E-state index contributed by atoms with van der Waals surface area (Å²) in [6, 6.07) is 13.5. The summed E-state index contributed by atoms with van der Waals surface area (Å²) in [5.41, 5.74) is 0.976. The summed E-state index contributed by atoms with van der Waals surface area (Å²) in [6.07, 6.45) is 5.97. The van der Waals surface area contributed by atoms with E-state index in [0.717, 1.165) is 38.5 Å². The fourth-order valence-electron chi connectivity index (χ4n) is 4.03. The van der Waals surface area contributed by atoms with Gasteiger partial charge in [-0.3, -0.25) is 10.1 Å². The Kier molecular flexibility index (Phi) is 9.65. The minimum absolute atomic E-state index is 0.0478. The molecule has 0 bridgehead atoms. The maximum absolute atomic E-state index is 13.0. The number of nitrogens with zero attached hydrogens (tertiary/aromatic N) is 1. The monoisotopic (exact) mass is 517 g/mol. The number of rotatable bonds is 9. The molecule has 190 valence electrons. The van der Waals surface area contributed by atoms with Gasteiger partial charge in [-0.25, -0.2) is 8.42 Å². The van der Waals surface area contributed by atoms with Crippen molar-refractivity contribution in [3.63, 3.8) is 0 Å². The first kappa shape index (κ1) is 27.1. The van der Waals surface area contributed by atoms with Crippen LogP contribution in [0.3, 0.4) is 0 Å². The molecule has 1 aliphatic rings. The lowest BCUT2D eigenvalue weighted by atomic mass is 9.96. The number of para-hydroxylation sites is 1. The number of hydrogen-bond donors (Lipinski definition) is 2. The van der Waals surface area contributed by atoms with E-state index in [4.69, 9.17) is 17.0 Å². The SMILES string of the molecule is CC(C)CCOc1ccccc1C(=O)NC(=S)Nc1ccc(S(=O)(=O)N(C)C2CCCCC2)cc1. The van der Waals surface area contributed by atoms with Gasteiger partial charge in [-0.1, -0.05) is 45.2 Å². The Balaban J connectivity index is 1.59. The molecule has 1 fully saturated rings. The van der Waals surface area contributed by atoms with Crippen LogP contribution in [0.15, 0.2) is 53.4 Å². The van der Waals surface area contributed by atoms with Gasteiger partial charge in [0.05, 0.1) is 17.1 Å². The molecule has 0 saturated heterocycles. The Bertz CT molecular complexity index is 1110. The standard InChI is InChI=1S/C26H35N3O4S2/c1-19(2)17-18-33-24-12-8-7-11-23(24)25(30)28-26(34)27-20-13-15-22(16-14-20)35(31,32)29(3)21-9-5-4-6-10-21/h7-8,11-16,19,21H,4-6,9-10,17-18H2,1-3H3,(H2,27,28,30,34). The summed E-state index contributed by atoms with van der Waals surface area (Å²) < 4.78 is 33.3. The van der Waals surface area contributed by atoms with Gasteiger partial charge in [0, 0.05) is 18.8 Å². The van der Waals surface area contributed by atoms with Crippen molar-refractivity contribution in [2.45, 2.75) is 63.3 Å². The van der Waals surface area contributed by atoms with E-state index in [1.165, 1.54) is 4.31 Å². The number of nitrogens with one attached hydrogen (secondary N) is 2. The number of carbonyl (C=O) groups excluding carboxylic acids is 1. The molecular weight excluding hydrogens is 482 g/mol. The van der Waals surface area contributed by atoms with Crippen LogP contribution in [0.5, 0.6) is 5.75 Å². The number of sulfonamides is 1. The van der Waals surface area contributed by atoms with Crippen molar-refractivity contribution in [3.8, 4) is 5.75 Å². The lowest BCUT2D eigenvalue weighted by Crippen LogP contribution is -2.38. The fourth-order valence-corrected chi connectivity index (χ4v) is 5.66. The average Bonchev–Trinajstić information content (AvgIpc) is 2.84. The van der Waals surface area contributed by atoms with Crippen LogP contribution in [-0.4, -0.2) is 43.4 Å². The number of ether oxygens (including phenoxy) is 1. The second-order valence-corrected chi connectivity index (χ2v) is 11.7. The predicted molar refractivity (Wildman–Crippen MR) is 143 cm³/mol. The second-order valence-electron chi connectivity index (χ2n) is 9.27. The first-order chi connectivity index (χ1) is 16.7. The summed E-state index contributed by atoms with van der Waals surface area (Å²) in [6.45, 7) is 4.75. The van der Waals surface area contributed by atoms with E-state index in [1.54, 1.807) is 49.5 Å². The molecule has 35 heavy (non-hydrogen) atoms. The van der Waals surface area contributed by atoms with E-state index in [9.17, 15) is 13.2 Å². The number of carbonyl (C=O) groups is 1. The molecule has 7 nitrogen and oxygen atoms in total. The molecular formula is C26H35N3O4S2. The summed E-state index contributed by atoms with van der Waals surface area (Å²) in [5, 5.41) is 5.72. The van der Waals surface area contributed by atoms with Crippen molar-refractivity contribution in [2.75, 3.05) is 19.0 Å². The van der Waals surface area contributed by atoms with Crippen LogP contribution in [0.25, 0.3) is 0 Å². The van der Waals surface area contributed by atoms with E-state index in [2.05, 4.69) is 24.5 Å². The van der Waals surface area contributed by atoms with E-state index in [0.29, 0.717) is 29.5 Å². The van der Waals surface area contributed by atoms with Gasteiger partial charge in [0.25, 0.3) is 5.91 Å². The Hall–Kier alpha value is -2.49. The minimum Gasteiger partial charge on any atom is -0.493 e. The second kappa shape index (κ2) is 12.5. The van der Waals surface area contributed by atoms with Crippen molar-refractivity contribution in [1.82, 2.24) is 9.62 Å². The fraction of sp³-hybridized carbons (Fsp3) is 0.462. The summed E-state index contributed by atoms with van der Waals surface area (Å²) in [5.74, 6) is 0.628. The van der Waals surface area contributed by atoms with Crippen LogP contribution in [-0.2, 0) is 10.0 Å². The zero-order chi connectivity index (χ0) is 25.4. The van der Waals surface area contributed by atoms with Gasteiger partial charge >= 0.3 is 0 Å². The van der Waals surface area contributed by atoms with E-state index in [1.807, 2.05) is 6.07 Å². The van der Waals surface area contributed by atoms with E-state index < -0.39 is 10.0 Å². The van der Waals surface area contributed by atoms with Crippen LogP contribution in [0.1, 0.15) is 62.7 Å². The lowest BCUT2D eigenvalue weighted by molar-refractivity contribution is 0.0973. The smallest absolute Gasteiger partial charge is 0.261 e. The van der Waals surface area contributed by atoms with Gasteiger partial charge in [0.2, 0.25) is 10.0 Å². The summed E-state index contributed by atoms with van der Waals surface area (Å²) in [4.78, 5) is 13.0. The molecule has 1 aliphatic carbocycles. The van der Waals surface area contributed by atoms with Crippen LogP contribution in [0.4, 0.5) is 5.69 Å². The first-order valence-corrected chi connectivity index (χ1v) is 14.0. The molecule has 9 heteroatoms. The summed E-state index contributed by atoms with van der Waals surface area (Å²) >= 11 is 5.30. The minimum atomic E-state index is -3.57. The van der Waals surface area contributed by atoms with Crippen molar-refractivity contribution in [2.24, 2.45) is 5.92 Å². The Morgan fingerprint density at radius 3 is 2.40 bits per heavy atom. The van der Waals surface area contributed by atoms with Gasteiger partial charge < -0.3 is 10.1 Å². The number of benzene rings is 2. The third-order valence-electron chi connectivity index (χ3n) is 6.19. The summed E-state index contributed by atoms with van der Waals surface area (Å²) in [7, 11) is -1.91. The largest absolute Gasteiger partial charge is 0.493 e. The molecule has 0 aromatic heterocycles. The maximum Gasteiger partial charge on any atom is 0.261 e. The average molecular weight is 518 g/mol.